The number of hydrogen-bond acceptors (Lipinski definition) is 6. The van der Waals surface area contributed by atoms with Gasteiger partial charge in [-0.25, -0.2) is 0 Å². The van der Waals surface area contributed by atoms with Crippen molar-refractivity contribution in [2.45, 2.75) is 5.92 Å². The highest BCUT2D eigenvalue weighted by atomic mass is 35.5. The second-order valence-electron chi connectivity index (χ2n) is 9.67. The lowest BCUT2D eigenvalue weighted by Crippen LogP contribution is -2.10. The molecule has 0 spiro atoms. The monoisotopic (exact) mass is 579 g/mol. The first-order valence-corrected chi connectivity index (χ1v) is 13.9. The summed E-state index contributed by atoms with van der Waals surface area (Å²) >= 11 is 6.20. The second kappa shape index (κ2) is 13.8. The average molecular weight is 580 g/mol. The minimum absolute atomic E-state index is 0.117. The summed E-state index contributed by atoms with van der Waals surface area (Å²) in [5.74, 6) is 0.608. The van der Waals surface area contributed by atoms with Crippen LogP contribution in [0.5, 0.6) is 5.75 Å². The number of aromatic nitrogens is 1. The fourth-order valence-electron chi connectivity index (χ4n) is 4.79. The van der Waals surface area contributed by atoms with Gasteiger partial charge in [0.2, 0.25) is 5.56 Å². The first-order chi connectivity index (χ1) is 20.5. The zero-order chi connectivity index (χ0) is 29.3. The maximum Gasteiger partial charge on any atom is 0.250 e. The van der Waals surface area contributed by atoms with Gasteiger partial charge in [-0.1, -0.05) is 41.9 Å². The molecule has 5 aromatic rings. The van der Waals surface area contributed by atoms with Crippen molar-refractivity contribution < 1.29 is 14.2 Å². The zero-order valence-corrected chi connectivity index (χ0v) is 23.9. The third-order valence-corrected chi connectivity index (χ3v) is 7.09. The number of fused-ring (bicyclic) bond motifs is 1. The Morgan fingerprint density at radius 3 is 2.19 bits per heavy atom. The van der Waals surface area contributed by atoms with E-state index in [0.29, 0.717) is 42.7 Å². The lowest BCUT2D eigenvalue weighted by molar-refractivity contribution is 0.0544. The maximum atomic E-state index is 12.5. The van der Waals surface area contributed by atoms with Gasteiger partial charge in [0, 0.05) is 35.2 Å². The van der Waals surface area contributed by atoms with Crippen molar-refractivity contribution in [1.29, 1.82) is 5.26 Å². The number of rotatable bonds is 12. The number of ether oxygens (including phenoxy) is 3. The Morgan fingerprint density at radius 1 is 0.833 bits per heavy atom. The summed E-state index contributed by atoms with van der Waals surface area (Å²) in [5.41, 5.74) is 5.74. The second-order valence-corrected chi connectivity index (χ2v) is 10.1. The smallest absolute Gasteiger partial charge is 0.250 e. The normalized spacial score (nSPS) is 11.6. The predicted molar refractivity (Wildman–Crippen MR) is 166 cm³/mol. The Kier molecular flexibility index (Phi) is 9.52. The van der Waals surface area contributed by atoms with Crippen LogP contribution < -0.4 is 15.6 Å². The molecule has 1 aromatic heterocycles. The van der Waals surface area contributed by atoms with Crippen LogP contribution in [-0.2, 0) is 9.47 Å². The predicted octanol–water partition coefficient (Wildman–Crippen LogP) is 7.02. The summed E-state index contributed by atoms with van der Waals surface area (Å²) in [5, 5.41) is 14.2. The number of benzene rings is 4. The minimum Gasteiger partial charge on any atom is -0.491 e. The maximum absolute atomic E-state index is 12.5. The number of nitriles is 1. The molecule has 0 aliphatic carbocycles. The highest BCUT2D eigenvalue weighted by molar-refractivity contribution is 6.30. The van der Waals surface area contributed by atoms with Crippen LogP contribution in [0, 0.1) is 11.3 Å². The van der Waals surface area contributed by atoms with E-state index in [0.717, 1.165) is 39.0 Å². The summed E-state index contributed by atoms with van der Waals surface area (Å²) in [4.78, 5) is 15.5. The molecule has 1 heterocycles. The van der Waals surface area contributed by atoms with Gasteiger partial charge in [-0.2, -0.15) is 5.26 Å². The summed E-state index contributed by atoms with van der Waals surface area (Å²) in [7, 11) is 1.64. The standard InChI is InChI=1S/C34H30ClN3O4/c1-40-16-17-41-18-19-42-29-13-11-28(12-14-29)37-32-21-33(39)38-31-15-8-26(20-30(31)32)34(25-6-9-27(35)10-7-25)24-4-2-23(22-36)3-5-24/h2-15,20-21,34H,16-19H2,1H3,(H2,37,38,39). The molecule has 1 unspecified atom stereocenters. The Bertz CT molecular complexity index is 1730. The van der Waals surface area contributed by atoms with Crippen LogP contribution >= 0.6 is 11.6 Å². The summed E-state index contributed by atoms with van der Waals surface area (Å²) in [6.07, 6.45) is 0. The molecule has 0 aliphatic rings. The van der Waals surface area contributed by atoms with E-state index in [9.17, 15) is 10.1 Å². The Hall–Kier alpha value is -4.61. The van der Waals surface area contributed by atoms with Gasteiger partial charge in [-0.05, 0) is 77.4 Å². The van der Waals surface area contributed by atoms with E-state index in [2.05, 4.69) is 22.4 Å². The molecule has 1 atom stereocenters. The first kappa shape index (κ1) is 28.9. The van der Waals surface area contributed by atoms with Gasteiger partial charge in [-0.3, -0.25) is 4.79 Å². The molecule has 0 fully saturated rings. The molecule has 0 saturated carbocycles. The summed E-state index contributed by atoms with van der Waals surface area (Å²) in [6.45, 7) is 1.99. The third-order valence-electron chi connectivity index (χ3n) is 6.84. The Labute approximate surface area is 249 Å². The minimum atomic E-state index is -0.201. The van der Waals surface area contributed by atoms with Crippen LogP contribution in [0.15, 0.2) is 102 Å². The molecule has 8 heteroatoms. The Morgan fingerprint density at radius 2 is 1.50 bits per heavy atom. The summed E-state index contributed by atoms with van der Waals surface area (Å²) < 4.78 is 16.2. The SMILES string of the molecule is COCCOCCOc1ccc(Nc2cc(=O)[nH]c3ccc(C(c4ccc(Cl)cc4)c4ccc(C#N)cc4)cc23)cc1. The Balaban J connectivity index is 1.43. The molecule has 0 bridgehead atoms. The lowest BCUT2D eigenvalue weighted by atomic mass is 9.84. The summed E-state index contributed by atoms with van der Waals surface area (Å²) in [6, 6.07) is 32.7. The lowest BCUT2D eigenvalue weighted by Gasteiger charge is -2.20. The number of H-pyrrole nitrogens is 1. The first-order valence-electron chi connectivity index (χ1n) is 13.5. The quantitative estimate of drug-likeness (QED) is 0.122. The van der Waals surface area contributed by atoms with Crippen molar-refractivity contribution in [3.05, 3.63) is 135 Å². The highest BCUT2D eigenvalue weighted by Gasteiger charge is 2.18. The van der Waals surface area contributed by atoms with Crippen molar-refractivity contribution in [2.24, 2.45) is 0 Å². The van der Waals surface area contributed by atoms with Crippen molar-refractivity contribution in [3.8, 4) is 11.8 Å². The molecule has 0 amide bonds. The third kappa shape index (κ3) is 7.17. The molecular formula is C34H30ClN3O4. The topological polar surface area (TPSA) is 96.4 Å². The molecule has 0 radical (unpaired) electrons. The number of hydrogen-bond donors (Lipinski definition) is 2. The molecule has 4 aromatic carbocycles. The van der Waals surface area contributed by atoms with Crippen LogP contribution in [0.3, 0.4) is 0 Å². The number of nitrogens with one attached hydrogen (secondary N) is 2. The van der Waals surface area contributed by atoms with Crippen molar-refractivity contribution in [3.63, 3.8) is 0 Å². The highest BCUT2D eigenvalue weighted by Crippen LogP contribution is 2.36. The number of methoxy groups -OCH3 is 1. The van der Waals surface area contributed by atoms with Crippen LogP contribution in [0.4, 0.5) is 11.4 Å². The van der Waals surface area contributed by atoms with Gasteiger partial charge < -0.3 is 24.5 Å². The molecule has 5 rings (SSSR count). The van der Waals surface area contributed by atoms with Gasteiger partial charge in [-0.15, -0.1) is 0 Å². The molecule has 0 aliphatic heterocycles. The largest absolute Gasteiger partial charge is 0.491 e. The number of halogens is 1. The van der Waals surface area contributed by atoms with E-state index in [1.807, 2.05) is 84.9 Å². The van der Waals surface area contributed by atoms with E-state index in [-0.39, 0.29) is 11.5 Å². The van der Waals surface area contributed by atoms with Crippen LogP contribution in [0.1, 0.15) is 28.2 Å². The van der Waals surface area contributed by atoms with Gasteiger partial charge in [0.25, 0.3) is 0 Å². The van der Waals surface area contributed by atoms with Crippen LogP contribution in [0.2, 0.25) is 5.02 Å². The number of aromatic amines is 1. The fraction of sp³-hybridized carbons (Fsp3) is 0.176. The molecule has 0 saturated heterocycles. The van der Waals surface area contributed by atoms with E-state index >= 15 is 0 Å². The van der Waals surface area contributed by atoms with Gasteiger partial charge in [0.15, 0.2) is 0 Å². The number of anilines is 2. The van der Waals surface area contributed by atoms with Gasteiger partial charge in [0.1, 0.15) is 12.4 Å². The average Bonchev–Trinajstić information content (AvgIpc) is 3.01. The van der Waals surface area contributed by atoms with Crippen molar-refractivity contribution in [2.75, 3.05) is 38.9 Å². The molecule has 7 nitrogen and oxygen atoms in total. The van der Waals surface area contributed by atoms with E-state index < -0.39 is 0 Å². The molecule has 2 N–H and O–H groups in total. The fourth-order valence-corrected chi connectivity index (χ4v) is 4.92. The van der Waals surface area contributed by atoms with E-state index in [4.69, 9.17) is 25.8 Å². The number of nitrogens with zero attached hydrogens (tertiary/aromatic N) is 1. The zero-order valence-electron chi connectivity index (χ0n) is 23.1. The van der Waals surface area contributed by atoms with Crippen molar-refractivity contribution in [1.82, 2.24) is 4.98 Å². The van der Waals surface area contributed by atoms with E-state index in [1.54, 1.807) is 13.2 Å². The van der Waals surface area contributed by atoms with Gasteiger partial charge >= 0.3 is 0 Å². The molecule has 42 heavy (non-hydrogen) atoms. The van der Waals surface area contributed by atoms with Crippen molar-refractivity contribution >= 4 is 33.9 Å². The van der Waals surface area contributed by atoms with Crippen LogP contribution in [-0.4, -0.2) is 38.5 Å². The molecular weight excluding hydrogens is 550 g/mol. The van der Waals surface area contributed by atoms with Crippen LogP contribution in [0.25, 0.3) is 10.9 Å². The molecule has 212 valence electrons. The van der Waals surface area contributed by atoms with E-state index in [1.165, 1.54) is 0 Å². The van der Waals surface area contributed by atoms with Gasteiger partial charge in [0.05, 0.1) is 42.7 Å². The number of pyridine rings is 1.